The summed E-state index contributed by atoms with van der Waals surface area (Å²) < 4.78 is 0. The molecule has 0 saturated heterocycles. The van der Waals surface area contributed by atoms with Gasteiger partial charge in [-0.3, -0.25) is 0 Å². The number of rotatable bonds is 1. The number of hydrogen-bond donors (Lipinski definition) is 0. The predicted molar refractivity (Wildman–Crippen MR) is 88.6 cm³/mol. The minimum atomic E-state index is -0.151. The number of nitrogens with zero attached hydrogens (tertiary/aromatic N) is 1. The molecule has 0 amide bonds. The van der Waals surface area contributed by atoms with Crippen molar-refractivity contribution in [1.29, 1.82) is 0 Å². The zero-order valence-electron chi connectivity index (χ0n) is 13.9. The van der Waals surface area contributed by atoms with Crippen LogP contribution in [-0.4, -0.2) is 5.54 Å². The zero-order chi connectivity index (χ0) is 15.3. The van der Waals surface area contributed by atoms with Gasteiger partial charge in [-0.25, -0.2) is 6.57 Å². The van der Waals surface area contributed by atoms with E-state index in [2.05, 4.69) is 50.7 Å². The van der Waals surface area contributed by atoms with Gasteiger partial charge < -0.3 is 4.85 Å². The van der Waals surface area contributed by atoms with Crippen molar-refractivity contribution < 1.29 is 0 Å². The summed E-state index contributed by atoms with van der Waals surface area (Å²) in [6.45, 7) is 16.9. The van der Waals surface area contributed by atoms with Gasteiger partial charge in [0.15, 0.2) is 0 Å². The lowest BCUT2D eigenvalue weighted by molar-refractivity contribution is 0.115. The van der Waals surface area contributed by atoms with Gasteiger partial charge in [-0.2, -0.15) is 0 Å². The molecule has 1 aromatic rings. The molecule has 1 saturated carbocycles. The normalized spacial score (nSPS) is 35.0. The van der Waals surface area contributed by atoms with Crippen molar-refractivity contribution in [3.63, 3.8) is 0 Å². The summed E-state index contributed by atoms with van der Waals surface area (Å²) in [6.07, 6.45) is 5.86. The largest absolute Gasteiger partial charge is 0.310 e. The van der Waals surface area contributed by atoms with E-state index in [1.54, 1.807) is 5.56 Å². The molecule has 0 aromatic heterocycles. The van der Waals surface area contributed by atoms with Gasteiger partial charge in [0.25, 0.3) is 0 Å². The quantitative estimate of drug-likeness (QED) is 0.599. The average Bonchev–Trinajstić information content (AvgIpc) is 2.46. The minimum Gasteiger partial charge on any atom is -0.310 e. The van der Waals surface area contributed by atoms with E-state index in [-0.39, 0.29) is 11.0 Å². The van der Waals surface area contributed by atoms with Crippen molar-refractivity contribution in [2.75, 3.05) is 0 Å². The summed E-state index contributed by atoms with van der Waals surface area (Å²) in [4.78, 5) is 4.08. The molecule has 0 heterocycles. The number of fused-ring (bicyclic) bond motifs is 3. The summed E-state index contributed by atoms with van der Waals surface area (Å²) >= 11 is 0. The van der Waals surface area contributed by atoms with E-state index in [1.807, 2.05) is 0 Å². The fourth-order valence-corrected chi connectivity index (χ4v) is 4.97. The Morgan fingerprint density at radius 2 is 2.00 bits per heavy atom. The van der Waals surface area contributed by atoms with Crippen LogP contribution in [0.2, 0.25) is 0 Å². The second-order valence-electron chi connectivity index (χ2n) is 7.90. The third-order valence-electron chi connectivity index (χ3n) is 6.27. The van der Waals surface area contributed by atoms with Gasteiger partial charge in [0.05, 0.1) is 0 Å². The van der Waals surface area contributed by atoms with Crippen LogP contribution in [0.3, 0.4) is 0 Å². The van der Waals surface area contributed by atoms with E-state index in [4.69, 9.17) is 6.57 Å². The molecule has 112 valence electrons. The molecule has 1 fully saturated rings. The molecule has 0 bridgehead atoms. The first-order valence-electron chi connectivity index (χ1n) is 8.42. The highest BCUT2D eigenvalue weighted by atomic mass is 14.8. The maximum Gasteiger partial charge on any atom is 0.233 e. The Kier molecular flexibility index (Phi) is 3.40. The van der Waals surface area contributed by atoms with Crippen molar-refractivity contribution in [2.45, 2.75) is 76.7 Å². The van der Waals surface area contributed by atoms with E-state index in [1.165, 1.54) is 30.4 Å². The molecule has 0 aliphatic heterocycles. The molecule has 1 nitrogen and oxygen atoms in total. The Morgan fingerprint density at radius 1 is 1.24 bits per heavy atom. The Balaban J connectivity index is 2.08. The molecule has 0 unspecified atom stereocenters. The average molecular weight is 281 g/mol. The highest BCUT2D eigenvalue weighted by molar-refractivity contribution is 5.42. The molecule has 0 spiro atoms. The molecule has 0 N–H and O–H groups in total. The lowest BCUT2D eigenvalue weighted by atomic mass is 9.52. The van der Waals surface area contributed by atoms with Crippen LogP contribution in [0.5, 0.6) is 0 Å². The molecular formula is C20H27N. The Hall–Kier alpha value is -1.29. The summed E-state index contributed by atoms with van der Waals surface area (Å²) in [6, 6.07) is 7.14. The fraction of sp³-hybridized carbons (Fsp3) is 0.650. The molecule has 0 radical (unpaired) electrons. The Labute approximate surface area is 129 Å². The maximum atomic E-state index is 7.70. The Bertz CT molecular complexity index is 594. The van der Waals surface area contributed by atoms with E-state index in [0.717, 1.165) is 12.8 Å². The van der Waals surface area contributed by atoms with Crippen LogP contribution in [0.4, 0.5) is 0 Å². The number of aryl methyl sites for hydroxylation is 1. The molecule has 3 atom stereocenters. The molecule has 3 rings (SSSR count). The molecule has 2 aliphatic rings. The van der Waals surface area contributed by atoms with Crippen LogP contribution in [-0.2, 0) is 11.8 Å². The molecule has 21 heavy (non-hydrogen) atoms. The van der Waals surface area contributed by atoms with Gasteiger partial charge in [0.1, 0.15) is 0 Å². The van der Waals surface area contributed by atoms with E-state index >= 15 is 0 Å². The van der Waals surface area contributed by atoms with Crippen molar-refractivity contribution in [3.05, 3.63) is 46.3 Å². The zero-order valence-corrected chi connectivity index (χ0v) is 13.9. The highest BCUT2D eigenvalue weighted by Crippen LogP contribution is 2.55. The maximum absolute atomic E-state index is 7.70. The molecular weight excluding hydrogens is 254 g/mol. The van der Waals surface area contributed by atoms with Crippen molar-refractivity contribution in [3.8, 4) is 0 Å². The summed E-state index contributed by atoms with van der Waals surface area (Å²) in [5, 5.41) is 0. The molecule has 1 aromatic carbocycles. The van der Waals surface area contributed by atoms with Crippen molar-refractivity contribution >= 4 is 0 Å². The minimum absolute atomic E-state index is 0.151. The first-order chi connectivity index (χ1) is 9.90. The number of benzene rings is 1. The highest BCUT2D eigenvalue weighted by Gasteiger charge is 2.55. The van der Waals surface area contributed by atoms with Gasteiger partial charge >= 0.3 is 0 Å². The fourth-order valence-electron chi connectivity index (χ4n) is 4.97. The lowest BCUT2D eigenvalue weighted by Gasteiger charge is -2.50. The summed E-state index contributed by atoms with van der Waals surface area (Å²) in [7, 11) is 0. The SMILES string of the molecule is [C-]#[N+][C@]1(C)CCC[C@]2(C)c3ccc(C(C)C)cc3CC[C@@H]12. The standard InChI is InChI=1S/C20H27N/c1-14(2)15-7-9-17-16(13-15)8-10-18-19(17,3)11-6-12-20(18,4)21-5/h7,9,13-14,18H,6,8,10-12H2,1-4H3/t18-,19-,20-/m1/s1. The van der Waals surface area contributed by atoms with Gasteiger partial charge in [0.2, 0.25) is 5.54 Å². The summed E-state index contributed by atoms with van der Waals surface area (Å²) in [5.74, 6) is 1.12. The second-order valence-corrected chi connectivity index (χ2v) is 7.90. The van der Waals surface area contributed by atoms with Crippen LogP contribution in [0.1, 0.15) is 76.0 Å². The lowest BCUT2D eigenvalue weighted by Crippen LogP contribution is -2.51. The van der Waals surface area contributed by atoms with E-state index < -0.39 is 0 Å². The first kappa shape index (κ1) is 14.6. The van der Waals surface area contributed by atoms with Crippen LogP contribution in [0, 0.1) is 12.5 Å². The van der Waals surface area contributed by atoms with E-state index in [9.17, 15) is 0 Å². The van der Waals surface area contributed by atoms with Crippen molar-refractivity contribution in [1.82, 2.24) is 0 Å². The van der Waals surface area contributed by atoms with Crippen LogP contribution in [0.25, 0.3) is 4.85 Å². The first-order valence-corrected chi connectivity index (χ1v) is 8.42. The van der Waals surface area contributed by atoms with Crippen LogP contribution in [0.15, 0.2) is 18.2 Å². The van der Waals surface area contributed by atoms with Crippen LogP contribution < -0.4 is 0 Å². The topological polar surface area (TPSA) is 4.36 Å². The van der Waals surface area contributed by atoms with Gasteiger partial charge in [-0.1, -0.05) is 39.0 Å². The van der Waals surface area contributed by atoms with Crippen LogP contribution >= 0.6 is 0 Å². The van der Waals surface area contributed by atoms with E-state index in [0.29, 0.717) is 11.8 Å². The Morgan fingerprint density at radius 3 is 2.67 bits per heavy atom. The van der Waals surface area contributed by atoms with Gasteiger partial charge in [0, 0.05) is 24.7 Å². The third-order valence-corrected chi connectivity index (χ3v) is 6.27. The monoisotopic (exact) mass is 281 g/mol. The van der Waals surface area contributed by atoms with Gasteiger partial charge in [-0.15, -0.1) is 0 Å². The van der Waals surface area contributed by atoms with Gasteiger partial charge in [-0.05, 0) is 48.3 Å². The third kappa shape index (κ3) is 2.11. The predicted octanol–water partition coefficient (Wildman–Crippen LogP) is 5.49. The molecule has 2 aliphatic carbocycles. The van der Waals surface area contributed by atoms with Crippen molar-refractivity contribution in [2.24, 2.45) is 5.92 Å². The number of hydrogen-bond acceptors (Lipinski definition) is 0. The molecule has 1 heteroatoms. The second kappa shape index (κ2) is 4.87. The smallest absolute Gasteiger partial charge is 0.233 e. The summed E-state index contributed by atoms with van der Waals surface area (Å²) in [5.41, 5.74) is 4.61.